The lowest BCUT2D eigenvalue weighted by Crippen LogP contribution is -2.44. The fourth-order valence-corrected chi connectivity index (χ4v) is 2.24. The standard InChI is InChI=1S/C10H19NO2/c1-11(6-8-7-13-8)9-4-2-3-5-10(9)12/h8-10,12H,2-7H2,1H3. The largest absolute Gasteiger partial charge is 0.391 e. The predicted octanol–water partition coefficient (Wildman–Crippen LogP) is 0.620. The molecule has 1 heterocycles. The van der Waals surface area contributed by atoms with Crippen molar-refractivity contribution >= 4 is 0 Å². The summed E-state index contributed by atoms with van der Waals surface area (Å²) in [5, 5.41) is 9.79. The summed E-state index contributed by atoms with van der Waals surface area (Å²) in [5.41, 5.74) is 0. The number of hydrogen-bond donors (Lipinski definition) is 1. The minimum atomic E-state index is -0.113. The van der Waals surface area contributed by atoms with Gasteiger partial charge in [0.2, 0.25) is 0 Å². The molecule has 0 aromatic heterocycles. The zero-order chi connectivity index (χ0) is 9.26. The van der Waals surface area contributed by atoms with Gasteiger partial charge in [0.25, 0.3) is 0 Å². The number of ether oxygens (including phenoxy) is 1. The van der Waals surface area contributed by atoms with Crippen molar-refractivity contribution in [1.82, 2.24) is 4.90 Å². The first-order valence-electron chi connectivity index (χ1n) is 5.27. The third-order valence-corrected chi connectivity index (χ3v) is 3.15. The summed E-state index contributed by atoms with van der Waals surface area (Å²) in [7, 11) is 2.10. The molecule has 13 heavy (non-hydrogen) atoms. The van der Waals surface area contributed by atoms with E-state index in [-0.39, 0.29) is 6.10 Å². The monoisotopic (exact) mass is 185 g/mol. The fourth-order valence-electron chi connectivity index (χ4n) is 2.24. The average Bonchev–Trinajstić information content (AvgIpc) is 2.89. The van der Waals surface area contributed by atoms with Gasteiger partial charge in [0.15, 0.2) is 0 Å². The third kappa shape index (κ3) is 2.42. The Bertz CT molecular complexity index is 170. The van der Waals surface area contributed by atoms with Gasteiger partial charge in [-0.15, -0.1) is 0 Å². The zero-order valence-corrected chi connectivity index (χ0v) is 8.28. The molecule has 1 aliphatic carbocycles. The van der Waals surface area contributed by atoms with Gasteiger partial charge in [0.05, 0.1) is 18.8 Å². The van der Waals surface area contributed by atoms with Gasteiger partial charge in [0.1, 0.15) is 0 Å². The average molecular weight is 185 g/mol. The summed E-state index contributed by atoms with van der Waals surface area (Å²) in [4.78, 5) is 2.27. The third-order valence-electron chi connectivity index (χ3n) is 3.15. The van der Waals surface area contributed by atoms with Crippen LogP contribution < -0.4 is 0 Å². The summed E-state index contributed by atoms with van der Waals surface area (Å²) in [6.45, 7) is 1.90. The molecule has 3 unspecified atom stereocenters. The second-order valence-electron chi connectivity index (χ2n) is 4.31. The van der Waals surface area contributed by atoms with E-state index < -0.39 is 0 Å². The van der Waals surface area contributed by atoms with Gasteiger partial charge >= 0.3 is 0 Å². The van der Waals surface area contributed by atoms with Gasteiger partial charge in [-0.3, -0.25) is 4.90 Å². The lowest BCUT2D eigenvalue weighted by atomic mass is 9.91. The molecule has 1 saturated heterocycles. The molecule has 1 aliphatic heterocycles. The van der Waals surface area contributed by atoms with Gasteiger partial charge in [-0.2, -0.15) is 0 Å². The highest BCUT2D eigenvalue weighted by Gasteiger charge is 2.31. The number of rotatable bonds is 3. The quantitative estimate of drug-likeness (QED) is 0.655. The van der Waals surface area contributed by atoms with Crippen LogP contribution in [0.15, 0.2) is 0 Å². The van der Waals surface area contributed by atoms with E-state index >= 15 is 0 Å². The topological polar surface area (TPSA) is 36.0 Å². The van der Waals surface area contributed by atoms with Crippen molar-refractivity contribution in [2.24, 2.45) is 0 Å². The molecule has 2 fully saturated rings. The lowest BCUT2D eigenvalue weighted by Gasteiger charge is -2.34. The Morgan fingerprint density at radius 2 is 2.08 bits per heavy atom. The van der Waals surface area contributed by atoms with E-state index in [0.717, 1.165) is 26.0 Å². The molecular weight excluding hydrogens is 166 g/mol. The second kappa shape index (κ2) is 3.95. The highest BCUT2D eigenvalue weighted by atomic mass is 16.6. The Kier molecular flexibility index (Phi) is 2.86. The van der Waals surface area contributed by atoms with E-state index in [2.05, 4.69) is 11.9 Å². The minimum Gasteiger partial charge on any atom is -0.391 e. The number of nitrogens with zero attached hydrogens (tertiary/aromatic N) is 1. The Hall–Kier alpha value is -0.120. The number of hydrogen-bond acceptors (Lipinski definition) is 3. The maximum Gasteiger partial charge on any atom is 0.0936 e. The van der Waals surface area contributed by atoms with Gasteiger partial charge in [-0.25, -0.2) is 0 Å². The van der Waals surface area contributed by atoms with Crippen LogP contribution in [0, 0.1) is 0 Å². The molecule has 3 atom stereocenters. The van der Waals surface area contributed by atoms with Crippen molar-refractivity contribution in [2.75, 3.05) is 20.2 Å². The maximum absolute atomic E-state index is 9.79. The summed E-state index contributed by atoms with van der Waals surface area (Å²) in [6.07, 6.45) is 4.89. The van der Waals surface area contributed by atoms with Crippen LogP contribution in [0.2, 0.25) is 0 Å². The number of aliphatic hydroxyl groups is 1. The maximum atomic E-state index is 9.79. The first-order valence-corrected chi connectivity index (χ1v) is 5.27. The van der Waals surface area contributed by atoms with Crippen LogP contribution in [0.3, 0.4) is 0 Å². The second-order valence-corrected chi connectivity index (χ2v) is 4.31. The van der Waals surface area contributed by atoms with Crippen LogP contribution in [0.5, 0.6) is 0 Å². The Balaban J connectivity index is 1.81. The summed E-state index contributed by atoms with van der Waals surface area (Å²) in [5.74, 6) is 0. The molecule has 0 amide bonds. The lowest BCUT2D eigenvalue weighted by molar-refractivity contribution is 0.0296. The Labute approximate surface area is 79.7 Å². The van der Waals surface area contributed by atoms with Crippen molar-refractivity contribution in [2.45, 2.75) is 43.9 Å². The van der Waals surface area contributed by atoms with Crippen molar-refractivity contribution in [1.29, 1.82) is 0 Å². The molecule has 76 valence electrons. The summed E-state index contributed by atoms with van der Waals surface area (Å²) in [6, 6.07) is 0.373. The SMILES string of the molecule is CN(CC1CO1)C1CCCCC1O. The normalized spacial score (nSPS) is 39.5. The Morgan fingerprint density at radius 3 is 2.69 bits per heavy atom. The molecule has 0 spiro atoms. The Morgan fingerprint density at radius 1 is 1.38 bits per heavy atom. The van der Waals surface area contributed by atoms with Gasteiger partial charge in [-0.05, 0) is 19.9 Å². The molecular formula is C10H19NO2. The van der Waals surface area contributed by atoms with Crippen LogP contribution in [-0.2, 0) is 4.74 Å². The number of epoxide rings is 1. The van der Waals surface area contributed by atoms with Gasteiger partial charge in [0, 0.05) is 12.6 Å². The number of likely N-dealkylation sites (N-methyl/N-ethyl adjacent to an activating group) is 1. The van der Waals surface area contributed by atoms with Gasteiger partial charge in [-0.1, -0.05) is 12.8 Å². The first-order chi connectivity index (χ1) is 6.27. The molecule has 2 rings (SSSR count). The smallest absolute Gasteiger partial charge is 0.0936 e. The van der Waals surface area contributed by atoms with Gasteiger partial charge < -0.3 is 9.84 Å². The van der Waals surface area contributed by atoms with E-state index in [4.69, 9.17) is 4.74 Å². The first kappa shape index (κ1) is 9.44. The number of aliphatic hydroxyl groups excluding tert-OH is 1. The fraction of sp³-hybridized carbons (Fsp3) is 1.00. The summed E-state index contributed by atoms with van der Waals surface area (Å²) < 4.78 is 5.18. The highest BCUT2D eigenvalue weighted by molar-refractivity contribution is 4.84. The zero-order valence-electron chi connectivity index (χ0n) is 8.28. The van der Waals surface area contributed by atoms with E-state index in [1.165, 1.54) is 12.8 Å². The van der Waals surface area contributed by atoms with E-state index in [1.54, 1.807) is 0 Å². The van der Waals surface area contributed by atoms with Crippen LogP contribution >= 0.6 is 0 Å². The molecule has 0 bridgehead atoms. The predicted molar refractivity (Wildman–Crippen MR) is 50.6 cm³/mol. The molecule has 2 aliphatic rings. The summed E-state index contributed by atoms with van der Waals surface area (Å²) >= 11 is 0. The van der Waals surface area contributed by atoms with E-state index in [9.17, 15) is 5.11 Å². The van der Waals surface area contributed by atoms with Crippen LogP contribution in [-0.4, -0.2) is 48.5 Å². The molecule has 1 saturated carbocycles. The van der Waals surface area contributed by atoms with Crippen LogP contribution in [0.4, 0.5) is 0 Å². The van der Waals surface area contributed by atoms with E-state index in [1.807, 2.05) is 0 Å². The van der Waals surface area contributed by atoms with Crippen molar-refractivity contribution in [3.8, 4) is 0 Å². The van der Waals surface area contributed by atoms with E-state index in [0.29, 0.717) is 12.1 Å². The van der Waals surface area contributed by atoms with Crippen molar-refractivity contribution in [3.63, 3.8) is 0 Å². The van der Waals surface area contributed by atoms with Crippen LogP contribution in [0.25, 0.3) is 0 Å². The van der Waals surface area contributed by atoms with Crippen LogP contribution in [0.1, 0.15) is 25.7 Å². The molecule has 0 aromatic rings. The molecule has 3 nitrogen and oxygen atoms in total. The molecule has 0 aromatic carbocycles. The van der Waals surface area contributed by atoms with Crippen molar-refractivity contribution < 1.29 is 9.84 Å². The molecule has 0 radical (unpaired) electrons. The molecule has 1 N–H and O–H groups in total. The molecule has 3 heteroatoms. The van der Waals surface area contributed by atoms with Crippen molar-refractivity contribution in [3.05, 3.63) is 0 Å². The minimum absolute atomic E-state index is 0.113. The highest BCUT2D eigenvalue weighted by Crippen LogP contribution is 2.23.